The lowest BCUT2D eigenvalue weighted by Gasteiger charge is -2.23. The quantitative estimate of drug-likeness (QED) is 0.171. The number of methoxy groups -OCH3 is 1. The Labute approximate surface area is 228 Å². The van der Waals surface area contributed by atoms with Crippen LogP contribution in [-0.4, -0.2) is 47.2 Å². The number of phenolic OH excluding ortho intramolecular Hbond substituents is 1. The Bertz CT molecular complexity index is 1590. The van der Waals surface area contributed by atoms with E-state index in [1.165, 1.54) is 22.3 Å². The first-order chi connectivity index (χ1) is 18.9. The fourth-order valence-electron chi connectivity index (χ4n) is 4.47. The van der Waals surface area contributed by atoms with Crippen LogP contribution >= 0.6 is 11.3 Å². The van der Waals surface area contributed by atoms with E-state index in [1.54, 1.807) is 68.6 Å². The van der Waals surface area contributed by atoms with Crippen LogP contribution in [-0.2, 0) is 9.59 Å². The molecule has 39 heavy (non-hydrogen) atoms. The van der Waals surface area contributed by atoms with E-state index in [4.69, 9.17) is 14.2 Å². The average molecular weight is 547 g/mol. The van der Waals surface area contributed by atoms with Crippen molar-refractivity contribution >= 4 is 44.1 Å². The third-order valence-corrected chi connectivity index (χ3v) is 7.29. The second-order valence-corrected chi connectivity index (χ2v) is 9.63. The van der Waals surface area contributed by atoms with Crippen LogP contribution in [0.15, 0.2) is 66.2 Å². The molecule has 0 saturated carbocycles. The largest absolute Gasteiger partial charge is 0.507 e. The van der Waals surface area contributed by atoms with Gasteiger partial charge in [-0.1, -0.05) is 17.4 Å². The molecule has 1 aliphatic heterocycles. The third kappa shape index (κ3) is 4.74. The van der Waals surface area contributed by atoms with Gasteiger partial charge in [-0.25, -0.2) is 4.98 Å². The van der Waals surface area contributed by atoms with Crippen molar-refractivity contribution in [3.05, 3.63) is 77.4 Å². The molecule has 9 nitrogen and oxygen atoms in total. The Hall–Kier alpha value is -4.57. The molecule has 2 heterocycles. The number of amides is 1. The maximum Gasteiger partial charge on any atom is 0.301 e. The van der Waals surface area contributed by atoms with Crippen LogP contribution in [0, 0.1) is 0 Å². The van der Waals surface area contributed by atoms with Gasteiger partial charge in [0.2, 0.25) is 0 Å². The molecular formula is C29H26N2O7S. The number of hydrogen-bond donors (Lipinski definition) is 2. The molecule has 0 bridgehead atoms. The van der Waals surface area contributed by atoms with Crippen LogP contribution < -0.4 is 19.1 Å². The summed E-state index contributed by atoms with van der Waals surface area (Å²) in [5, 5.41) is 22.0. The Morgan fingerprint density at radius 3 is 2.38 bits per heavy atom. The number of benzene rings is 3. The normalized spacial score (nSPS) is 16.6. The van der Waals surface area contributed by atoms with Crippen LogP contribution in [0.2, 0.25) is 0 Å². The molecule has 200 valence electrons. The number of aliphatic hydroxyl groups excluding tert-OH is 1. The van der Waals surface area contributed by atoms with Gasteiger partial charge >= 0.3 is 5.91 Å². The summed E-state index contributed by atoms with van der Waals surface area (Å²) >= 11 is 1.22. The molecule has 2 N–H and O–H groups in total. The molecule has 3 aromatic carbocycles. The lowest BCUT2D eigenvalue weighted by molar-refractivity contribution is -0.132. The lowest BCUT2D eigenvalue weighted by Crippen LogP contribution is -2.29. The Balaban J connectivity index is 1.70. The first-order valence-electron chi connectivity index (χ1n) is 12.3. The van der Waals surface area contributed by atoms with Crippen LogP contribution in [0.4, 0.5) is 5.13 Å². The Kier molecular flexibility index (Phi) is 7.12. The number of ether oxygens (including phenoxy) is 3. The van der Waals surface area contributed by atoms with Crippen molar-refractivity contribution in [2.45, 2.75) is 19.9 Å². The van der Waals surface area contributed by atoms with Gasteiger partial charge in [-0.3, -0.25) is 14.5 Å². The highest BCUT2D eigenvalue weighted by Gasteiger charge is 2.48. The van der Waals surface area contributed by atoms with E-state index < -0.39 is 17.7 Å². The fourth-order valence-corrected chi connectivity index (χ4v) is 5.49. The minimum atomic E-state index is -1.03. The molecule has 1 fully saturated rings. The monoisotopic (exact) mass is 546 g/mol. The van der Waals surface area contributed by atoms with Gasteiger partial charge in [-0.2, -0.15) is 0 Å². The number of anilines is 1. The molecule has 10 heteroatoms. The molecule has 1 unspecified atom stereocenters. The van der Waals surface area contributed by atoms with Crippen molar-refractivity contribution in [2.75, 3.05) is 25.2 Å². The molecule has 4 aromatic rings. The molecule has 0 spiro atoms. The van der Waals surface area contributed by atoms with Crippen molar-refractivity contribution < 1.29 is 34.0 Å². The van der Waals surface area contributed by atoms with E-state index in [1.807, 2.05) is 6.92 Å². The Morgan fingerprint density at radius 2 is 1.69 bits per heavy atom. The number of thiazole rings is 1. The van der Waals surface area contributed by atoms with E-state index >= 15 is 0 Å². The minimum absolute atomic E-state index is 0.0869. The Morgan fingerprint density at radius 1 is 0.974 bits per heavy atom. The van der Waals surface area contributed by atoms with Crippen molar-refractivity contribution in [1.82, 2.24) is 4.98 Å². The van der Waals surface area contributed by atoms with E-state index in [2.05, 4.69) is 4.98 Å². The van der Waals surface area contributed by atoms with Crippen LogP contribution in [0.1, 0.15) is 31.0 Å². The maximum absolute atomic E-state index is 13.5. The number of rotatable bonds is 8. The van der Waals surface area contributed by atoms with Gasteiger partial charge in [-0.15, -0.1) is 0 Å². The maximum atomic E-state index is 13.5. The van der Waals surface area contributed by atoms with Gasteiger partial charge < -0.3 is 24.4 Å². The molecule has 1 aliphatic rings. The third-order valence-electron chi connectivity index (χ3n) is 6.27. The number of ketones is 1. The number of aromatic hydroxyl groups is 1. The number of aromatic nitrogens is 1. The van der Waals surface area contributed by atoms with E-state index in [0.29, 0.717) is 41.4 Å². The first-order valence-corrected chi connectivity index (χ1v) is 13.1. The number of carbonyl (C=O) groups excluding carboxylic acids is 2. The number of Topliss-reactive ketones (excluding diaryl/α,β-unsaturated/α-hetero) is 1. The molecule has 1 atom stereocenters. The summed E-state index contributed by atoms with van der Waals surface area (Å²) in [4.78, 5) is 32.9. The topological polar surface area (TPSA) is 118 Å². The highest BCUT2D eigenvalue weighted by atomic mass is 32.1. The number of hydrogen-bond acceptors (Lipinski definition) is 9. The molecule has 0 radical (unpaired) electrons. The zero-order valence-electron chi connectivity index (χ0n) is 21.5. The zero-order chi connectivity index (χ0) is 27.7. The molecule has 1 amide bonds. The van der Waals surface area contributed by atoms with Gasteiger partial charge in [-0.05, 0) is 74.0 Å². The standard InChI is InChI=1S/C29H26N2O7S/c1-4-37-18-9-6-16(7-10-18)26(33)24-25(17-8-13-21(32)22(14-17)38-5-2)31(28(35)27(24)34)29-30-20-12-11-19(36-3)15-23(20)39-29/h6-15,25,32-33H,4-5H2,1-3H3. The van der Waals surface area contributed by atoms with Gasteiger partial charge in [0.05, 0.1) is 42.2 Å². The summed E-state index contributed by atoms with van der Waals surface area (Å²) < 4.78 is 17.1. The summed E-state index contributed by atoms with van der Waals surface area (Å²) in [6, 6.07) is 15.5. The van der Waals surface area contributed by atoms with Crippen LogP contribution in [0.5, 0.6) is 23.0 Å². The number of aliphatic hydroxyl groups is 1. The number of nitrogens with zero attached hydrogens (tertiary/aromatic N) is 2. The zero-order valence-corrected chi connectivity index (χ0v) is 22.3. The summed E-state index contributed by atoms with van der Waals surface area (Å²) in [5.74, 6) is -0.675. The lowest BCUT2D eigenvalue weighted by atomic mass is 9.95. The van der Waals surface area contributed by atoms with E-state index in [-0.39, 0.29) is 28.0 Å². The van der Waals surface area contributed by atoms with Crippen LogP contribution in [0.3, 0.4) is 0 Å². The van der Waals surface area contributed by atoms with Gasteiger partial charge in [0.1, 0.15) is 17.3 Å². The van der Waals surface area contributed by atoms with Crippen molar-refractivity contribution in [3.8, 4) is 23.0 Å². The second-order valence-electron chi connectivity index (χ2n) is 8.62. The second kappa shape index (κ2) is 10.7. The predicted molar refractivity (Wildman–Crippen MR) is 148 cm³/mol. The highest BCUT2D eigenvalue weighted by molar-refractivity contribution is 7.22. The fraction of sp³-hybridized carbons (Fsp3) is 0.207. The van der Waals surface area contributed by atoms with E-state index in [9.17, 15) is 19.8 Å². The molecule has 1 saturated heterocycles. The van der Waals surface area contributed by atoms with Crippen molar-refractivity contribution in [2.24, 2.45) is 0 Å². The number of phenols is 1. The van der Waals surface area contributed by atoms with Gasteiger partial charge in [0.25, 0.3) is 5.78 Å². The summed E-state index contributed by atoms with van der Waals surface area (Å²) in [5.41, 5.74) is 1.33. The SMILES string of the molecule is CCOc1ccc(C(O)=C2C(=O)C(=O)N(c3nc4ccc(OC)cc4s3)C2c2ccc(O)c(OCC)c2)cc1. The molecule has 0 aliphatic carbocycles. The number of carbonyl (C=O) groups is 2. The van der Waals surface area contributed by atoms with Crippen molar-refractivity contribution in [3.63, 3.8) is 0 Å². The summed E-state index contributed by atoms with van der Waals surface area (Å²) in [6.07, 6.45) is 0. The van der Waals surface area contributed by atoms with Crippen LogP contribution in [0.25, 0.3) is 16.0 Å². The molecule has 1 aromatic heterocycles. The van der Waals surface area contributed by atoms with Gasteiger partial charge in [0.15, 0.2) is 16.6 Å². The average Bonchev–Trinajstić information content (AvgIpc) is 3.47. The smallest absolute Gasteiger partial charge is 0.301 e. The molecular weight excluding hydrogens is 520 g/mol. The minimum Gasteiger partial charge on any atom is -0.507 e. The molecule has 5 rings (SSSR count). The van der Waals surface area contributed by atoms with E-state index in [0.717, 1.165) is 4.70 Å². The number of fused-ring (bicyclic) bond motifs is 1. The highest BCUT2D eigenvalue weighted by Crippen LogP contribution is 2.46. The summed E-state index contributed by atoms with van der Waals surface area (Å²) in [6.45, 7) is 4.41. The van der Waals surface area contributed by atoms with Crippen molar-refractivity contribution in [1.29, 1.82) is 0 Å². The van der Waals surface area contributed by atoms with Gasteiger partial charge in [0, 0.05) is 5.56 Å². The predicted octanol–water partition coefficient (Wildman–Crippen LogP) is 5.43. The first kappa shape index (κ1) is 26.1. The summed E-state index contributed by atoms with van der Waals surface area (Å²) in [7, 11) is 1.56.